The summed E-state index contributed by atoms with van der Waals surface area (Å²) >= 11 is 18.1. The van der Waals surface area contributed by atoms with Gasteiger partial charge in [-0.05, 0) is 30.5 Å². The normalized spacial score (nSPS) is 24.1. The smallest absolute Gasteiger partial charge is 0.255 e. The van der Waals surface area contributed by atoms with Gasteiger partial charge in [0.15, 0.2) is 0 Å². The van der Waals surface area contributed by atoms with Crippen molar-refractivity contribution in [1.82, 2.24) is 4.90 Å². The molecule has 1 heterocycles. The zero-order valence-corrected chi connectivity index (χ0v) is 12.3. The number of hydrogen-bond donors (Lipinski definition) is 0. The summed E-state index contributed by atoms with van der Waals surface area (Å²) in [6.45, 7) is 3.38. The maximum absolute atomic E-state index is 12.3. The minimum absolute atomic E-state index is 0.000611. The molecule has 1 fully saturated rings. The Labute approximate surface area is 122 Å². The fraction of sp³-hybridized carbons (Fsp3) is 0.462. The van der Waals surface area contributed by atoms with E-state index in [1.807, 2.05) is 0 Å². The van der Waals surface area contributed by atoms with E-state index in [9.17, 15) is 4.79 Å². The molecule has 0 bridgehead atoms. The largest absolute Gasteiger partial charge is 0.337 e. The number of carbonyl (C=O) groups excluding carboxylic acids is 1. The van der Waals surface area contributed by atoms with E-state index >= 15 is 0 Å². The maximum atomic E-state index is 12.3. The Kier molecular flexibility index (Phi) is 4.41. The van der Waals surface area contributed by atoms with E-state index in [0.29, 0.717) is 34.6 Å². The molecule has 0 radical (unpaired) electrons. The molecule has 2 unspecified atom stereocenters. The van der Waals surface area contributed by atoms with Gasteiger partial charge in [0.05, 0.1) is 16.0 Å². The highest BCUT2D eigenvalue weighted by atomic mass is 35.5. The Morgan fingerprint density at radius 2 is 2.11 bits per heavy atom. The zero-order valence-electron chi connectivity index (χ0n) is 10.00. The molecular weight excluding hydrogens is 293 g/mol. The number of halogens is 3. The van der Waals surface area contributed by atoms with Crippen LogP contribution in [0.1, 0.15) is 23.7 Å². The maximum Gasteiger partial charge on any atom is 0.255 e. The average molecular weight is 307 g/mol. The average Bonchev–Trinajstić information content (AvgIpc) is 2.35. The predicted molar refractivity (Wildman–Crippen MR) is 75.8 cm³/mol. The van der Waals surface area contributed by atoms with E-state index in [4.69, 9.17) is 34.8 Å². The molecule has 1 aliphatic rings. The van der Waals surface area contributed by atoms with E-state index in [1.54, 1.807) is 23.1 Å². The molecule has 0 aromatic heterocycles. The number of amides is 1. The van der Waals surface area contributed by atoms with Gasteiger partial charge in [0.25, 0.3) is 5.91 Å². The van der Waals surface area contributed by atoms with Crippen molar-refractivity contribution in [3.63, 3.8) is 0 Å². The molecular formula is C13H14Cl3NO. The van der Waals surface area contributed by atoms with Gasteiger partial charge < -0.3 is 4.90 Å². The molecule has 1 amide bonds. The van der Waals surface area contributed by atoms with Crippen LogP contribution in [0, 0.1) is 5.92 Å². The number of piperidine rings is 1. The predicted octanol–water partition coefficient (Wildman–Crippen LogP) is 4.08. The van der Waals surface area contributed by atoms with Gasteiger partial charge in [-0.15, -0.1) is 11.6 Å². The van der Waals surface area contributed by atoms with Gasteiger partial charge in [-0.2, -0.15) is 0 Å². The standard InChI is InChI=1S/C13H14Cl3NO/c1-8-4-5-17(7-12(8)16)13(18)10-6-9(14)2-3-11(10)15/h2-3,6,8,12H,4-5,7H2,1H3. The van der Waals surface area contributed by atoms with Gasteiger partial charge >= 0.3 is 0 Å². The first-order valence-electron chi connectivity index (χ1n) is 5.87. The van der Waals surface area contributed by atoms with Crippen molar-refractivity contribution in [1.29, 1.82) is 0 Å². The fourth-order valence-electron chi connectivity index (χ4n) is 2.04. The highest BCUT2D eigenvalue weighted by Gasteiger charge is 2.28. The molecule has 2 atom stereocenters. The fourth-order valence-corrected chi connectivity index (χ4v) is 2.70. The number of carbonyl (C=O) groups is 1. The summed E-state index contributed by atoms with van der Waals surface area (Å²) in [4.78, 5) is 14.1. The van der Waals surface area contributed by atoms with Gasteiger partial charge in [0, 0.05) is 18.1 Å². The van der Waals surface area contributed by atoms with Crippen molar-refractivity contribution in [3.05, 3.63) is 33.8 Å². The third-order valence-electron chi connectivity index (χ3n) is 3.31. The molecule has 18 heavy (non-hydrogen) atoms. The lowest BCUT2D eigenvalue weighted by Gasteiger charge is -2.34. The Morgan fingerprint density at radius 3 is 2.78 bits per heavy atom. The molecule has 1 aliphatic heterocycles. The Hall–Kier alpha value is -0.440. The third-order valence-corrected chi connectivity index (χ3v) is 4.45. The Balaban J connectivity index is 2.19. The molecule has 1 aromatic carbocycles. The zero-order chi connectivity index (χ0) is 13.3. The van der Waals surface area contributed by atoms with Crippen LogP contribution in [0.4, 0.5) is 0 Å². The first kappa shape index (κ1) is 14.0. The summed E-state index contributed by atoms with van der Waals surface area (Å²) in [6, 6.07) is 4.92. The van der Waals surface area contributed by atoms with Crippen LogP contribution in [0.3, 0.4) is 0 Å². The van der Waals surface area contributed by atoms with Crippen molar-refractivity contribution in [2.75, 3.05) is 13.1 Å². The first-order valence-corrected chi connectivity index (χ1v) is 7.06. The highest BCUT2D eigenvalue weighted by Crippen LogP contribution is 2.26. The Bertz CT molecular complexity index is 464. The summed E-state index contributed by atoms with van der Waals surface area (Å²) in [5.74, 6) is 0.339. The van der Waals surface area contributed by atoms with Crippen LogP contribution in [-0.4, -0.2) is 29.3 Å². The molecule has 0 aliphatic carbocycles. The molecule has 2 nitrogen and oxygen atoms in total. The summed E-state index contributed by atoms with van der Waals surface area (Å²) in [5.41, 5.74) is 0.447. The molecule has 98 valence electrons. The topological polar surface area (TPSA) is 20.3 Å². The van der Waals surface area contributed by atoms with Gasteiger partial charge in [-0.25, -0.2) is 0 Å². The van der Waals surface area contributed by atoms with Crippen molar-refractivity contribution in [3.8, 4) is 0 Å². The van der Waals surface area contributed by atoms with E-state index in [-0.39, 0.29) is 11.3 Å². The number of alkyl halides is 1. The van der Waals surface area contributed by atoms with Gasteiger partial charge in [-0.1, -0.05) is 30.1 Å². The van der Waals surface area contributed by atoms with Crippen molar-refractivity contribution in [2.45, 2.75) is 18.7 Å². The highest BCUT2D eigenvalue weighted by molar-refractivity contribution is 6.35. The van der Waals surface area contributed by atoms with Crippen LogP contribution in [-0.2, 0) is 0 Å². The lowest BCUT2D eigenvalue weighted by Crippen LogP contribution is -2.43. The minimum Gasteiger partial charge on any atom is -0.337 e. The molecule has 2 rings (SSSR count). The number of benzene rings is 1. The van der Waals surface area contributed by atoms with Crippen molar-refractivity contribution in [2.24, 2.45) is 5.92 Å². The summed E-state index contributed by atoms with van der Waals surface area (Å²) < 4.78 is 0. The van der Waals surface area contributed by atoms with Gasteiger partial charge in [0.2, 0.25) is 0 Å². The molecule has 1 saturated heterocycles. The Morgan fingerprint density at radius 1 is 1.39 bits per heavy atom. The lowest BCUT2D eigenvalue weighted by atomic mass is 9.98. The summed E-state index contributed by atoms with van der Waals surface area (Å²) in [7, 11) is 0. The van der Waals surface area contributed by atoms with Crippen LogP contribution in [0.15, 0.2) is 18.2 Å². The molecule has 0 spiro atoms. The number of hydrogen-bond acceptors (Lipinski definition) is 1. The van der Waals surface area contributed by atoms with Crippen LogP contribution in [0.25, 0.3) is 0 Å². The molecule has 1 aromatic rings. The van der Waals surface area contributed by atoms with E-state index in [2.05, 4.69) is 6.92 Å². The monoisotopic (exact) mass is 305 g/mol. The molecule has 0 N–H and O–H groups in total. The lowest BCUT2D eigenvalue weighted by molar-refractivity contribution is 0.0701. The van der Waals surface area contributed by atoms with Crippen LogP contribution >= 0.6 is 34.8 Å². The molecule has 0 saturated carbocycles. The van der Waals surface area contributed by atoms with E-state index < -0.39 is 0 Å². The second kappa shape index (κ2) is 5.68. The number of rotatable bonds is 1. The van der Waals surface area contributed by atoms with Gasteiger partial charge in [-0.3, -0.25) is 4.79 Å². The second-order valence-electron chi connectivity index (χ2n) is 4.66. The number of nitrogens with zero attached hydrogens (tertiary/aromatic N) is 1. The molecule has 5 heteroatoms. The van der Waals surface area contributed by atoms with Gasteiger partial charge in [0.1, 0.15) is 0 Å². The quantitative estimate of drug-likeness (QED) is 0.716. The minimum atomic E-state index is -0.0972. The summed E-state index contributed by atoms with van der Waals surface area (Å²) in [5, 5.41) is 0.936. The number of likely N-dealkylation sites (tertiary alicyclic amines) is 1. The van der Waals surface area contributed by atoms with Crippen LogP contribution in [0.2, 0.25) is 10.0 Å². The SMILES string of the molecule is CC1CCN(C(=O)c2cc(Cl)ccc2Cl)CC1Cl. The van der Waals surface area contributed by atoms with Crippen LogP contribution in [0.5, 0.6) is 0 Å². The second-order valence-corrected chi connectivity index (χ2v) is 6.06. The van der Waals surface area contributed by atoms with Crippen molar-refractivity contribution >= 4 is 40.7 Å². The van der Waals surface area contributed by atoms with Crippen LogP contribution < -0.4 is 0 Å². The first-order chi connectivity index (χ1) is 8.49. The third kappa shape index (κ3) is 2.93. The van der Waals surface area contributed by atoms with Crippen molar-refractivity contribution < 1.29 is 4.79 Å². The van der Waals surface area contributed by atoms with E-state index in [0.717, 1.165) is 6.42 Å². The summed E-state index contributed by atoms with van der Waals surface area (Å²) in [6.07, 6.45) is 0.915. The van der Waals surface area contributed by atoms with E-state index in [1.165, 1.54) is 0 Å².